The van der Waals surface area contributed by atoms with Crippen LogP contribution in [0.3, 0.4) is 0 Å². The number of hydrogen-bond donors (Lipinski definition) is 0. The minimum atomic E-state index is 1.19. The van der Waals surface area contributed by atoms with Crippen molar-refractivity contribution in [3.63, 3.8) is 0 Å². The van der Waals surface area contributed by atoms with Gasteiger partial charge >= 0.3 is 0 Å². The smallest absolute Gasteiger partial charge is 0.00262 e. The molecule has 10 aromatic carbocycles. The summed E-state index contributed by atoms with van der Waals surface area (Å²) < 4.78 is 0. The molecule has 0 radical (unpaired) electrons. The van der Waals surface area contributed by atoms with Gasteiger partial charge in [0, 0.05) is 0 Å². The SMILES string of the molecule is c1ccc(-c2ccc(-c3c4ccccc4c(-c4cccc(-c5cc(-c6ccccc6)cc(-c6cccc(-c7ccccc7)c6)c5)c4)c4ccccc34)cc2)cc1. The van der Waals surface area contributed by atoms with Crippen molar-refractivity contribution in [3.05, 3.63) is 231 Å². The van der Waals surface area contributed by atoms with Gasteiger partial charge in [-0.25, -0.2) is 0 Å². The van der Waals surface area contributed by atoms with Gasteiger partial charge < -0.3 is 0 Å². The molecule has 0 heterocycles. The summed E-state index contributed by atoms with van der Waals surface area (Å²) in [4.78, 5) is 0. The highest BCUT2D eigenvalue weighted by atomic mass is 14.2. The van der Waals surface area contributed by atoms with Crippen LogP contribution in [0.25, 0.3) is 99.4 Å². The van der Waals surface area contributed by atoms with Crippen LogP contribution in [0.15, 0.2) is 231 Å². The molecule has 0 fully saturated rings. The Morgan fingerprint density at radius 3 is 0.857 bits per heavy atom. The Balaban J connectivity index is 1.13. The fraction of sp³-hybridized carbons (Fsp3) is 0. The maximum absolute atomic E-state index is 2.39. The summed E-state index contributed by atoms with van der Waals surface area (Å²) >= 11 is 0. The van der Waals surface area contributed by atoms with E-state index in [4.69, 9.17) is 0 Å². The van der Waals surface area contributed by atoms with Gasteiger partial charge in [-0.05, 0) is 130 Å². The molecule has 0 unspecified atom stereocenters. The summed E-state index contributed by atoms with van der Waals surface area (Å²) in [5.41, 5.74) is 17.0. The number of rotatable bonds is 7. The highest BCUT2D eigenvalue weighted by molar-refractivity contribution is 6.21. The lowest BCUT2D eigenvalue weighted by atomic mass is 9.85. The zero-order chi connectivity index (χ0) is 37.3. The fourth-order valence-corrected chi connectivity index (χ4v) is 8.33. The Kier molecular flexibility index (Phi) is 8.63. The summed E-state index contributed by atoms with van der Waals surface area (Å²) in [6.07, 6.45) is 0. The van der Waals surface area contributed by atoms with E-state index < -0.39 is 0 Å². The number of benzene rings is 10. The lowest BCUT2D eigenvalue weighted by Crippen LogP contribution is -1.91. The van der Waals surface area contributed by atoms with Crippen LogP contribution < -0.4 is 0 Å². The van der Waals surface area contributed by atoms with E-state index in [1.54, 1.807) is 0 Å². The Morgan fingerprint density at radius 1 is 0.143 bits per heavy atom. The first-order chi connectivity index (χ1) is 27.8. The first kappa shape index (κ1) is 33.3. The van der Waals surface area contributed by atoms with Crippen molar-refractivity contribution in [1.82, 2.24) is 0 Å². The summed E-state index contributed by atoms with van der Waals surface area (Å²) in [5, 5.41) is 5.01. The normalized spacial score (nSPS) is 11.2. The standard InChI is InChI=1S/C56H38/c1-4-16-39(17-5-1)42-30-32-43(33-31-42)55-51-26-10-12-28-53(51)56(54-29-13-11-27-52(54)55)47-25-15-24-46(35-47)50-37-48(41-20-8-3-9-21-41)36-49(38-50)45-23-14-22-44(34-45)40-18-6-2-7-19-40/h1-38H. The van der Waals surface area contributed by atoms with Crippen LogP contribution in [0.4, 0.5) is 0 Å². The van der Waals surface area contributed by atoms with Crippen molar-refractivity contribution in [3.8, 4) is 77.9 Å². The van der Waals surface area contributed by atoms with E-state index in [1.165, 1.54) is 99.4 Å². The third-order valence-corrected chi connectivity index (χ3v) is 11.0. The van der Waals surface area contributed by atoms with Crippen LogP contribution in [0.5, 0.6) is 0 Å². The highest BCUT2D eigenvalue weighted by Gasteiger charge is 2.17. The Morgan fingerprint density at radius 2 is 0.393 bits per heavy atom. The van der Waals surface area contributed by atoms with E-state index in [0.717, 1.165) is 0 Å². The quantitative estimate of drug-likeness (QED) is 0.144. The number of fused-ring (bicyclic) bond motifs is 2. The van der Waals surface area contributed by atoms with E-state index in [0.29, 0.717) is 0 Å². The molecule has 0 aliphatic carbocycles. The molecule has 0 aliphatic heterocycles. The van der Waals surface area contributed by atoms with E-state index in [2.05, 4.69) is 231 Å². The van der Waals surface area contributed by atoms with Crippen LogP contribution in [0, 0.1) is 0 Å². The van der Waals surface area contributed by atoms with Crippen LogP contribution >= 0.6 is 0 Å². The van der Waals surface area contributed by atoms with E-state index in [-0.39, 0.29) is 0 Å². The molecule has 0 amide bonds. The molecule has 0 aromatic heterocycles. The molecule has 10 aromatic rings. The molecule has 0 heteroatoms. The third-order valence-electron chi connectivity index (χ3n) is 11.0. The van der Waals surface area contributed by atoms with Gasteiger partial charge in [0.1, 0.15) is 0 Å². The zero-order valence-corrected chi connectivity index (χ0v) is 30.9. The first-order valence-electron chi connectivity index (χ1n) is 19.3. The highest BCUT2D eigenvalue weighted by Crippen LogP contribution is 2.45. The third kappa shape index (κ3) is 6.28. The minimum absolute atomic E-state index is 1.19. The minimum Gasteiger partial charge on any atom is -0.0622 e. The van der Waals surface area contributed by atoms with Crippen LogP contribution in [-0.4, -0.2) is 0 Å². The molecule has 0 saturated heterocycles. The van der Waals surface area contributed by atoms with E-state index in [9.17, 15) is 0 Å². The van der Waals surface area contributed by atoms with Gasteiger partial charge in [0.05, 0.1) is 0 Å². The van der Waals surface area contributed by atoms with Gasteiger partial charge in [-0.15, -0.1) is 0 Å². The molecular weight excluding hydrogens is 673 g/mol. The molecule has 0 N–H and O–H groups in total. The largest absolute Gasteiger partial charge is 0.0622 e. The molecular formula is C56H38. The second-order valence-electron chi connectivity index (χ2n) is 14.5. The fourth-order valence-electron chi connectivity index (χ4n) is 8.33. The predicted molar refractivity (Wildman–Crippen MR) is 240 cm³/mol. The van der Waals surface area contributed by atoms with Crippen LogP contribution in [0.1, 0.15) is 0 Å². The van der Waals surface area contributed by atoms with E-state index >= 15 is 0 Å². The van der Waals surface area contributed by atoms with Crippen molar-refractivity contribution >= 4 is 21.5 Å². The summed E-state index contributed by atoms with van der Waals surface area (Å²) in [5.74, 6) is 0. The maximum atomic E-state index is 2.39. The zero-order valence-electron chi connectivity index (χ0n) is 30.9. The van der Waals surface area contributed by atoms with Gasteiger partial charge in [0.25, 0.3) is 0 Å². The average molecular weight is 711 g/mol. The maximum Gasteiger partial charge on any atom is -0.00262 e. The summed E-state index contributed by atoms with van der Waals surface area (Å²) in [6.45, 7) is 0. The molecule has 0 atom stereocenters. The van der Waals surface area contributed by atoms with Crippen molar-refractivity contribution in [2.75, 3.05) is 0 Å². The molecule has 56 heavy (non-hydrogen) atoms. The van der Waals surface area contributed by atoms with Gasteiger partial charge in [0.15, 0.2) is 0 Å². The summed E-state index contributed by atoms with van der Waals surface area (Å²) in [6, 6.07) is 84.0. The van der Waals surface area contributed by atoms with E-state index in [1.807, 2.05) is 0 Å². The topological polar surface area (TPSA) is 0 Å². The Labute approximate surface area is 328 Å². The second kappa shape index (κ2) is 14.5. The van der Waals surface area contributed by atoms with Gasteiger partial charge in [0.2, 0.25) is 0 Å². The molecule has 10 rings (SSSR count). The first-order valence-corrected chi connectivity index (χ1v) is 19.3. The molecule has 0 saturated carbocycles. The van der Waals surface area contributed by atoms with Crippen LogP contribution in [-0.2, 0) is 0 Å². The molecule has 0 bridgehead atoms. The van der Waals surface area contributed by atoms with Crippen LogP contribution in [0.2, 0.25) is 0 Å². The number of hydrogen-bond acceptors (Lipinski definition) is 0. The van der Waals surface area contributed by atoms with Crippen molar-refractivity contribution in [1.29, 1.82) is 0 Å². The molecule has 0 aliphatic rings. The average Bonchev–Trinajstić information content (AvgIpc) is 3.29. The van der Waals surface area contributed by atoms with Crippen molar-refractivity contribution < 1.29 is 0 Å². The van der Waals surface area contributed by atoms with Crippen molar-refractivity contribution in [2.45, 2.75) is 0 Å². The Hall–Kier alpha value is -7.28. The van der Waals surface area contributed by atoms with Gasteiger partial charge in [-0.3, -0.25) is 0 Å². The Bertz CT molecular complexity index is 2920. The molecule has 262 valence electrons. The van der Waals surface area contributed by atoms with Gasteiger partial charge in [-0.1, -0.05) is 200 Å². The lowest BCUT2D eigenvalue weighted by molar-refractivity contribution is 1.55. The monoisotopic (exact) mass is 710 g/mol. The van der Waals surface area contributed by atoms with Crippen molar-refractivity contribution in [2.24, 2.45) is 0 Å². The van der Waals surface area contributed by atoms with Gasteiger partial charge in [-0.2, -0.15) is 0 Å². The lowest BCUT2D eigenvalue weighted by Gasteiger charge is -2.18. The molecule has 0 spiro atoms. The summed E-state index contributed by atoms with van der Waals surface area (Å²) in [7, 11) is 0. The molecule has 0 nitrogen and oxygen atoms in total. The predicted octanol–water partition coefficient (Wildman–Crippen LogP) is 15.7. The second-order valence-corrected chi connectivity index (χ2v) is 14.5.